The Labute approximate surface area is 140 Å². The van der Waals surface area contributed by atoms with Crippen molar-refractivity contribution >= 4 is 5.69 Å². The lowest BCUT2D eigenvalue weighted by atomic mass is 9.72. The number of pyridine rings is 1. The Morgan fingerprint density at radius 3 is 2.54 bits per heavy atom. The van der Waals surface area contributed by atoms with Crippen molar-refractivity contribution in [3.8, 4) is 5.88 Å². The van der Waals surface area contributed by atoms with Gasteiger partial charge in [-0.05, 0) is 50.5 Å². The van der Waals surface area contributed by atoms with Crippen LogP contribution in [0, 0.1) is 5.41 Å². The Kier molecular flexibility index (Phi) is 4.49. The van der Waals surface area contributed by atoms with Gasteiger partial charge in [-0.3, -0.25) is 0 Å². The first kappa shape index (κ1) is 17.1. The van der Waals surface area contributed by atoms with Crippen LogP contribution in [0.4, 0.5) is 18.9 Å². The summed E-state index contributed by atoms with van der Waals surface area (Å²) in [5.74, 6) is 0.00597. The minimum absolute atomic E-state index is 0.00597. The number of nitrogens with zero attached hydrogens (tertiary/aromatic N) is 2. The molecule has 1 spiro atoms. The van der Waals surface area contributed by atoms with Crippen molar-refractivity contribution < 1.29 is 17.9 Å². The van der Waals surface area contributed by atoms with E-state index in [2.05, 4.69) is 16.5 Å². The second kappa shape index (κ2) is 6.30. The normalized spacial score (nSPS) is 22.0. The quantitative estimate of drug-likeness (QED) is 0.743. The van der Waals surface area contributed by atoms with Crippen molar-refractivity contribution in [2.75, 3.05) is 18.0 Å². The summed E-state index contributed by atoms with van der Waals surface area (Å²) in [4.78, 5) is 6.32. The topological polar surface area (TPSA) is 25.4 Å². The molecule has 0 radical (unpaired) electrons. The molecular weight excluding hydrogens is 317 g/mol. The summed E-state index contributed by atoms with van der Waals surface area (Å²) in [6, 6.07) is 3.32. The van der Waals surface area contributed by atoms with Crippen molar-refractivity contribution in [1.29, 1.82) is 0 Å². The molecule has 0 bridgehead atoms. The van der Waals surface area contributed by atoms with E-state index in [0.29, 0.717) is 5.41 Å². The van der Waals surface area contributed by atoms with E-state index in [1.54, 1.807) is 12.3 Å². The predicted molar refractivity (Wildman–Crippen MR) is 87.3 cm³/mol. The number of aromatic nitrogens is 1. The third kappa shape index (κ3) is 3.68. The van der Waals surface area contributed by atoms with Crippen LogP contribution in [0.25, 0.3) is 0 Å². The molecule has 0 aromatic carbocycles. The maximum atomic E-state index is 12.5. The Balaban J connectivity index is 1.61. The zero-order valence-corrected chi connectivity index (χ0v) is 13.9. The van der Waals surface area contributed by atoms with E-state index in [4.69, 9.17) is 4.74 Å². The van der Waals surface area contributed by atoms with Gasteiger partial charge in [0.25, 0.3) is 0 Å². The van der Waals surface area contributed by atoms with E-state index in [9.17, 15) is 13.2 Å². The highest BCUT2D eigenvalue weighted by atomic mass is 19.4. The van der Waals surface area contributed by atoms with Crippen LogP contribution in [0.1, 0.15) is 39.0 Å². The third-order valence-corrected chi connectivity index (χ3v) is 5.30. The summed E-state index contributed by atoms with van der Waals surface area (Å²) in [5, 5.41) is 0. The summed E-state index contributed by atoms with van der Waals surface area (Å²) in [5.41, 5.74) is 2.66. The molecule has 3 rings (SSSR count). The number of alkyl halides is 3. The van der Waals surface area contributed by atoms with Gasteiger partial charge in [0.05, 0.1) is 11.9 Å². The number of hydrogen-bond acceptors (Lipinski definition) is 3. The molecule has 1 atom stereocenters. The molecule has 2 heterocycles. The van der Waals surface area contributed by atoms with Crippen LogP contribution in [-0.4, -0.2) is 30.4 Å². The SMILES string of the molecule is C=C1CCC2(CC1)CCN(c1ccc(O[C@@H](C)C(F)(F)F)nc1)C2. The Morgan fingerprint density at radius 1 is 1.25 bits per heavy atom. The van der Waals surface area contributed by atoms with Gasteiger partial charge in [-0.15, -0.1) is 0 Å². The largest absolute Gasteiger partial charge is 0.465 e. The molecule has 3 nitrogen and oxygen atoms in total. The molecule has 1 aromatic heterocycles. The number of hydrogen-bond donors (Lipinski definition) is 0. The second-order valence-electron chi connectivity index (χ2n) is 7.08. The molecule has 1 saturated carbocycles. The number of allylic oxidation sites excluding steroid dienone is 1. The lowest BCUT2D eigenvalue weighted by Gasteiger charge is -2.34. The van der Waals surface area contributed by atoms with E-state index in [1.165, 1.54) is 24.5 Å². The summed E-state index contributed by atoms with van der Waals surface area (Å²) < 4.78 is 42.4. The van der Waals surface area contributed by atoms with Gasteiger partial charge in [-0.25, -0.2) is 4.98 Å². The third-order valence-electron chi connectivity index (χ3n) is 5.30. The van der Waals surface area contributed by atoms with Gasteiger partial charge >= 0.3 is 6.18 Å². The number of halogens is 3. The number of rotatable bonds is 3. The van der Waals surface area contributed by atoms with Crippen LogP contribution in [0.2, 0.25) is 0 Å². The van der Waals surface area contributed by atoms with Gasteiger partial charge in [-0.1, -0.05) is 12.2 Å². The molecule has 1 saturated heterocycles. The second-order valence-corrected chi connectivity index (χ2v) is 7.08. The van der Waals surface area contributed by atoms with Crippen molar-refractivity contribution in [3.05, 3.63) is 30.5 Å². The molecule has 132 valence electrons. The highest BCUT2D eigenvalue weighted by Crippen LogP contribution is 2.45. The van der Waals surface area contributed by atoms with Crippen LogP contribution in [0.15, 0.2) is 30.5 Å². The van der Waals surface area contributed by atoms with E-state index in [1.807, 2.05) is 0 Å². The number of ether oxygens (including phenoxy) is 1. The fourth-order valence-electron chi connectivity index (χ4n) is 3.57. The van der Waals surface area contributed by atoms with Crippen LogP contribution >= 0.6 is 0 Å². The van der Waals surface area contributed by atoms with Crippen molar-refractivity contribution in [1.82, 2.24) is 4.98 Å². The Bertz CT molecular complexity index is 587. The zero-order chi connectivity index (χ0) is 17.4. The van der Waals surface area contributed by atoms with E-state index < -0.39 is 12.3 Å². The Hall–Kier alpha value is -1.72. The fraction of sp³-hybridized carbons (Fsp3) is 0.611. The monoisotopic (exact) mass is 340 g/mol. The first-order valence-electron chi connectivity index (χ1n) is 8.38. The molecule has 1 aliphatic heterocycles. The molecule has 6 heteroatoms. The van der Waals surface area contributed by atoms with E-state index in [-0.39, 0.29) is 5.88 Å². The van der Waals surface area contributed by atoms with Gasteiger partial charge in [-0.2, -0.15) is 13.2 Å². The molecule has 24 heavy (non-hydrogen) atoms. The molecule has 1 aromatic rings. The standard InChI is InChI=1S/C18H23F3N2O/c1-13-5-7-17(8-6-13)9-10-23(12-17)15-3-4-16(22-11-15)24-14(2)18(19,20)21/h3-4,11,14H,1,5-10,12H2,2H3/t14-/m0/s1. The smallest absolute Gasteiger partial charge is 0.425 e. The zero-order valence-electron chi connectivity index (χ0n) is 13.9. The van der Waals surface area contributed by atoms with Crippen LogP contribution in [0.3, 0.4) is 0 Å². The lowest BCUT2D eigenvalue weighted by Crippen LogP contribution is -2.31. The molecule has 1 aliphatic carbocycles. The van der Waals surface area contributed by atoms with E-state index >= 15 is 0 Å². The van der Waals surface area contributed by atoms with Crippen LogP contribution in [0.5, 0.6) is 5.88 Å². The summed E-state index contributed by atoms with van der Waals surface area (Å²) in [6.07, 6.45) is 1.10. The molecule has 0 N–H and O–H groups in total. The molecule has 2 fully saturated rings. The molecule has 0 amide bonds. The fourth-order valence-corrected chi connectivity index (χ4v) is 3.57. The van der Waals surface area contributed by atoms with Gasteiger partial charge in [0.15, 0.2) is 6.10 Å². The van der Waals surface area contributed by atoms with E-state index in [0.717, 1.165) is 45.0 Å². The predicted octanol–water partition coefficient (Wildman–Crippen LogP) is 4.74. The minimum Gasteiger partial charge on any atom is -0.465 e. The van der Waals surface area contributed by atoms with Crippen LogP contribution in [-0.2, 0) is 0 Å². The maximum absolute atomic E-state index is 12.5. The van der Waals surface area contributed by atoms with Gasteiger partial charge < -0.3 is 9.64 Å². The average molecular weight is 340 g/mol. The van der Waals surface area contributed by atoms with Gasteiger partial charge in [0.2, 0.25) is 5.88 Å². The summed E-state index contributed by atoms with van der Waals surface area (Å²) in [6.45, 7) is 7.01. The molecular formula is C18H23F3N2O. The van der Waals surface area contributed by atoms with Crippen molar-refractivity contribution in [3.63, 3.8) is 0 Å². The highest BCUT2D eigenvalue weighted by Gasteiger charge is 2.40. The maximum Gasteiger partial charge on any atom is 0.425 e. The average Bonchev–Trinajstić information content (AvgIpc) is 2.94. The molecule has 2 aliphatic rings. The Morgan fingerprint density at radius 2 is 1.96 bits per heavy atom. The summed E-state index contributed by atoms with van der Waals surface area (Å²) >= 11 is 0. The minimum atomic E-state index is -4.38. The summed E-state index contributed by atoms with van der Waals surface area (Å²) in [7, 11) is 0. The molecule has 0 unspecified atom stereocenters. The van der Waals surface area contributed by atoms with Gasteiger partial charge in [0, 0.05) is 19.2 Å². The lowest BCUT2D eigenvalue weighted by molar-refractivity contribution is -0.189. The van der Waals surface area contributed by atoms with Crippen molar-refractivity contribution in [2.24, 2.45) is 5.41 Å². The first-order valence-corrected chi connectivity index (χ1v) is 8.38. The first-order chi connectivity index (χ1) is 11.3. The van der Waals surface area contributed by atoms with Gasteiger partial charge in [0.1, 0.15) is 0 Å². The number of anilines is 1. The highest BCUT2D eigenvalue weighted by molar-refractivity contribution is 5.47. The van der Waals surface area contributed by atoms with Crippen molar-refractivity contribution in [2.45, 2.75) is 51.3 Å². The van der Waals surface area contributed by atoms with Crippen LogP contribution < -0.4 is 9.64 Å².